The maximum absolute atomic E-state index is 12.4. The van der Waals surface area contributed by atoms with E-state index in [0.29, 0.717) is 17.4 Å². The first-order valence-corrected chi connectivity index (χ1v) is 10.8. The quantitative estimate of drug-likeness (QED) is 0.696. The summed E-state index contributed by atoms with van der Waals surface area (Å²) in [7, 11) is 2.32. The third kappa shape index (κ3) is 3.05. The van der Waals surface area contributed by atoms with Crippen molar-refractivity contribution in [2.45, 2.75) is 96.2 Å². The third-order valence-corrected chi connectivity index (χ3v) is 8.61. The second-order valence-electron chi connectivity index (χ2n) is 10.1. The summed E-state index contributed by atoms with van der Waals surface area (Å²) in [5.41, 5.74) is 0.354. The molecule has 0 aromatic rings. The number of carbonyl (C=O) groups is 1. The Morgan fingerprint density at radius 2 is 1.92 bits per heavy atom. The fourth-order valence-corrected chi connectivity index (χ4v) is 6.95. The van der Waals surface area contributed by atoms with Crippen LogP contribution in [-0.4, -0.2) is 35.6 Å². The molecule has 2 saturated heterocycles. The highest BCUT2D eigenvalue weighted by Gasteiger charge is 2.54. The molecule has 0 radical (unpaired) electrons. The molecule has 0 spiro atoms. The first-order chi connectivity index (χ1) is 11.9. The Balaban J connectivity index is 1.49. The number of rotatable bonds is 3. The molecule has 2 unspecified atom stereocenters. The first kappa shape index (κ1) is 17.8. The average Bonchev–Trinajstić information content (AvgIpc) is 3.01. The molecular weight excluding hydrogens is 310 g/mol. The molecule has 3 heteroatoms. The van der Waals surface area contributed by atoms with Gasteiger partial charge in [-0.1, -0.05) is 19.3 Å². The van der Waals surface area contributed by atoms with Crippen molar-refractivity contribution in [1.29, 1.82) is 0 Å². The Labute approximate surface area is 153 Å². The Morgan fingerprint density at radius 1 is 1.16 bits per heavy atom. The molecule has 4 aliphatic rings. The van der Waals surface area contributed by atoms with Crippen LogP contribution < -0.4 is 0 Å². The van der Waals surface area contributed by atoms with Crippen LogP contribution in [0.15, 0.2) is 0 Å². The highest BCUT2D eigenvalue weighted by Crippen LogP contribution is 2.54. The van der Waals surface area contributed by atoms with Crippen molar-refractivity contribution in [3.8, 4) is 0 Å². The van der Waals surface area contributed by atoms with Crippen molar-refractivity contribution in [3.63, 3.8) is 0 Å². The van der Waals surface area contributed by atoms with Crippen molar-refractivity contribution >= 4 is 5.97 Å². The van der Waals surface area contributed by atoms with E-state index >= 15 is 0 Å². The molecule has 0 aromatic heterocycles. The lowest BCUT2D eigenvalue weighted by Crippen LogP contribution is -2.44. The molecule has 0 N–H and O–H groups in total. The van der Waals surface area contributed by atoms with E-state index in [0.717, 1.165) is 24.3 Å². The molecule has 3 nitrogen and oxygen atoms in total. The van der Waals surface area contributed by atoms with Crippen LogP contribution in [0.5, 0.6) is 0 Å². The summed E-state index contributed by atoms with van der Waals surface area (Å²) < 4.78 is 5.72. The van der Waals surface area contributed by atoms with Gasteiger partial charge in [0, 0.05) is 17.5 Å². The minimum Gasteiger partial charge on any atom is -0.462 e. The summed E-state index contributed by atoms with van der Waals surface area (Å²) in [5.74, 6) is 3.17. The smallest absolute Gasteiger partial charge is 0.309 e. The molecule has 4 rings (SSSR count). The van der Waals surface area contributed by atoms with Gasteiger partial charge in [-0.25, -0.2) is 0 Å². The Hall–Kier alpha value is -0.570. The van der Waals surface area contributed by atoms with Gasteiger partial charge in [0.1, 0.15) is 6.10 Å². The molecule has 2 saturated carbocycles. The second-order valence-corrected chi connectivity index (χ2v) is 10.1. The molecule has 0 bridgehead atoms. The van der Waals surface area contributed by atoms with Gasteiger partial charge in [0.05, 0.1) is 5.92 Å². The number of carbonyl (C=O) groups excluding carboxylic acids is 1. The second kappa shape index (κ2) is 6.55. The molecule has 0 aromatic carbocycles. The van der Waals surface area contributed by atoms with Gasteiger partial charge in [-0.05, 0) is 84.1 Å². The summed E-state index contributed by atoms with van der Waals surface area (Å²) in [5, 5.41) is 0. The number of hydrogen-bond donors (Lipinski definition) is 0. The molecule has 4 fully saturated rings. The monoisotopic (exact) mass is 347 g/mol. The molecule has 2 aliphatic heterocycles. The number of fused-ring (bicyclic) bond motifs is 2. The van der Waals surface area contributed by atoms with Crippen LogP contribution in [0.4, 0.5) is 0 Å². The van der Waals surface area contributed by atoms with Gasteiger partial charge in [0.25, 0.3) is 0 Å². The highest BCUT2D eigenvalue weighted by molar-refractivity contribution is 5.75. The van der Waals surface area contributed by atoms with Crippen LogP contribution >= 0.6 is 0 Å². The number of likely N-dealkylation sites (tertiary alicyclic amines) is 1. The van der Waals surface area contributed by atoms with Crippen LogP contribution in [0.25, 0.3) is 0 Å². The van der Waals surface area contributed by atoms with E-state index in [1.807, 2.05) is 0 Å². The fraction of sp³-hybridized carbons (Fsp3) is 0.955. The third-order valence-electron chi connectivity index (χ3n) is 8.61. The minimum absolute atomic E-state index is 0.116. The minimum atomic E-state index is 0.116. The van der Waals surface area contributed by atoms with Crippen LogP contribution in [-0.2, 0) is 9.53 Å². The van der Waals surface area contributed by atoms with E-state index in [1.165, 1.54) is 51.4 Å². The summed E-state index contributed by atoms with van der Waals surface area (Å²) in [4.78, 5) is 15.0. The zero-order valence-corrected chi connectivity index (χ0v) is 16.7. The zero-order chi connectivity index (χ0) is 17.8. The lowest BCUT2D eigenvalue weighted by Gasteiger charge is -2.47. The van der Waals surface area contributed by atoms with Crippen LogP contribution in [0.2, 0.25) is 0 Å². The standard InChI is InChI=1S/C22H37NO2/c1-14-20-18(10-9-16-11-12-22(2,3)23(16)4)17-8-6-5-7-15(17)13-19(20)21(24)25-14/h14-20H,5-13H2,1-4H3/t14-,15+,16?,17-,18?,19-,20+/m0/s1. The highest BCUT2D eigenvalue weighted by atomic mass is 16.6. The van der Waals surface area contributed by atoms with Crippen LogP contribution in [0.3, 0.4) is 0 Å². The van der Waals surface area contributed by atoms with Gasteiger partial charge < -0.3 is 4.74 Å². The van der Waals surface area contributed by atoms with Gasteiger partial charge in [0.15, 0.2) is 0 Å². The van der Waals surface area contributed by atoms with Crippen molar-refractivity contribution < 1.29 is 9.53 Å². The molecule has 0 amide bonds. The number of cyclic esters (lactones) is 1. The van der Waals surface area contributed by atoms with Gasteiger partial charge in [-0.3, -0.25) is 9.69 Å². The predicted molar refractivity (Wildman–Crippen MR) is 100 cm³/mol. The Kier molecular flexibility index (Phi) is 4.67. The van der Waals surface area contributed by atoms with Crippen molar-refractivity contribution in [2.24, 2.45) is 29.6 Å². The van der Waals surface area contributed by atoms with Crippen molar-refractivity contribution in [3.05, 3.63) is 0 Å². The summed E-state index contributed by atoms with van der Waals surface area (Å²) in [6, 6.07) is 0.728. The van der Waals surface area contributed by atoms with Crippen LogP contribution in [0.1, 0.15) is 78.6 Å². The largest absolute Gasteiger partial charge is 0.462 e. The average molecular weight is 348 g/mol. The summed E-state index contributed by atoms with van der Waals surface area (Å²) >= 11 is 0. The Morgan fingerprint density at radius 3 is 2.64 bits per heavy atom. The van der Waals surface area contributed by atoms with Crippen LogP contribution in [0, 0.1) is 29.6 Å². The Bertz CT molecular complexity index is 516. The van der Waals surface area contributed by atoms with Gasteiger partial charge in [-0.2, -0.15) is 0 Å². The molecule has 2 heterocycles. The number of ether oxygens (including phenoxy) is 1. The van der Waals surface area contributed by atoms with E-state index < -0.39 is 0 Å². The predicted octanol–water partition coefficient (Wildman–Crippen LogP) is 4.64. The SMILES string of the molecule is C[C@@H]1OC(=O)[C@H]2C[C@H]3CCCC[C@@H]3C(CCC3CCC(C)(C)N3C)[C@@H]12. The zero-order valence-electron chi connectivity index (χ0n) is 16.7. The lowest BCUT2D eigenvalue weighted by molar-refractivity contribution is -0.144. The number of hydrogen-bond acceptors (Lipinski definition) is 3. The molecular formula is C22H37NO2. The van der Waals surface area contributed by atoms with E-state index in [9.17, 15) is 4.79 Å². The van der Waals surface area contributed by atoms with Gasteiger partial charge >= 0.3 is 5.97 Å². The molecule has 142 valence electrons. The van der Waals surface area contributed by atoms with E-state index in [-0.39, 0.29) is 18.0 Å². The topological polar surface area (TPSA) is 29.5 Å². The molecule has 7 atom stereocenters. The van der Waals surface area contributed by atoms with E-state index in [1.54, 1.807) is 0 Å². The summed E-state index contributed by atoms with van der Waals surface area (Å²) in [6.07, 6.45) is 12.0. The maximum atomic E-state index is 12.4. The summed E-state index contributed by atoms with van der Waals surface area (Å²) in [6.45, 7) is 6.92. The fourth-order valence-electron chi connectivity index (χ4n) is 6.95. The van der Waals surface area contributed by atoms with Gasteiger partial charge in [0.2, 0.25) is 0 Å². The lowest BCUT2D eigenvalue weighted by atomic mass is 9.56. The van der Waals surface area contributed by atoms with Crippen molar-refractivity contribution in [2.75, 3.05) is 7.05 Å². The number of nitrogens with zero attached hydrogens (tertiary/aromatic N) is 1. The van der Waals surface area contributed by atoms with E-state index in [4.69, 9.17) is 4.74 Å². The van der Waals surface area contributed by atoms with Crippen molar-refractivity contribution in [1.82, 2.24) is 4.90 Å². The molecule has 25 heavy (non-hydrogen) atoms. The normalized spacial score (nSPS) is 46.6. The number of esters is 1. The van der Waals surface area contributed by atoms with E-state index in [2.05, 4.69) is 32.7 Å². The molecule has 2 aliphatic carbocycles. The maximum Gasteiger partial charge on any atom is 0.309 e. The first-order valence-electron chi connectivity index (χ1n) is 10.8. The van der Waals surface area contributed by atoms with Gasteiger partial charge in [-0.15, -0.1) is 0 Å².